The number of phenolic OH excluding ortho intramolecular Hbond substituents is 2. The van der Waals surface area contributed by atoms with Gasteiger partial charge < -0.3 is 20.4 Å². The van der Waals surface area contributed by atoms with Gasteiger partial charge in [-0.05, 0) is 49.1 Å². The highest BCUT2D eigenvalue weighted by molar-refractivity contribution is 5.74. The number of phenols is 2. The lowest BCUT2D eigenvalue weighted by Crippen LogP contribution is -2.45. The zero-order valence-corrected chi connectivity index (χ0v) is 14.2. The largest absolute Gasteiger partial charge is 0.508 e. The number of benzene rings is 1. The zero-order valence-electron chi connectivity index (χ0n) is 14.2. The second-order valence-corrected chi connectivity index (χ2v) is 7.19. The maximum absolute atomic E-state index is 12.3. The number of likely N-dealkylation sites (tertiary alicyclic amines) is 1. The van der Waals surface area contributed by atoms with Gasteiger partial charge in [0.05, 0.1) is 0 Å². The van der Waals surface area contributed by atoms with Crippen molar-refractivity contribution in [3.8, 4) is 11.5 Å². The van der Waals surface area contributed by atoms with Crippen molar-refractivity contribution in [1.82, 2.24) is 10.2 Å². The molecule has 1 aromatic carbocycles. The summed E-state index contributed by atoms with van der Waals surface area (Å²) >= 11 is 0. The number of rotatable bonds is 3. The van der Waals surface area contributed by atoms with Gasteiger partial charge >= 0.3 is 6.03 Å². The van der Waals surface area contributed by atoms with Crippen molar-refractivity contribution in [2.75, 3.05) is 19.6 Å². The Balaban J connectivity index is 1.46. The number of hydrogen-bond acceptors (Lipinski definition) is 3. The average molecular weight is 332 g/mol. The molecule has 1 aliphatic heterocycles. The summed E-state index contributed by atoms with van der Waals surface area (Å²) in [5.41, 5.74) is 0.870. The fourth-order valence-electron chi connectivity index (χ4n) is 4.01. The molecule has 1 aliphatic carbocycles. The van der Waals surface area contributed by atoms with Gasteiger partial charge in [-0.2, -0.15) is 0 Å². The lowest BCUT2D eigenvalue weighted by atomic mass is 9.88. The quantitative estimate of drug-likeness (QED) is 0.792. The molecule has 2 fully saturated rings. The van der Waals surface area contributed by atoms with E-state index in [9.17, 15) is 15.0 Å². The molecule has 0 bridgehead atoms. The summed E-state index contributed by atoms with van der Waals surface area (Å²) in [4.78, 5) is 14.2. The third kappa shape index (κ3) is 4.13. The second-order valence-electron chi connectivity index (χ2n) is 7.19. The summed E-state index contributed by atoms with van der Waals surface area (Å²) in [7, 11) is 0. The van der Waals surface area contributed by atoms with E-state index < -0.39 is 0 Å². The lowest BCUT2D eigenvalue weighted by Gasteiger charge is -2.33. The van der Waals surface area contributed by atoms with Crippen molar-refractivity contribution in [2.45, 2.75) is 50.9 Å². The fourth-order valence-corrected chi connectivity index (χ4v) is 4.01. The number of carbonyl (C=O) groups excluding carboxylic acids is 1. The molecule has 1 aromatic rings. The molecule has 5 heteroatoms. The Bertz CT molecular complexity index is 562. The standard InChI is InChI=1S/C19H28N2O3/c22-16-6-7-17(18(23)12-16)15-8-10-21(11-9-15)19(24)20-13-14-4-2-1-3-5-14/h6-7,12,14-15,22-23H,1-5,8-11,13H2,(H,20,24). The number of piperidine rings is 1. The van der Waals surface area contributed by atoms with Gasteiger partial charge in [-0.15, -0.1) is 0 Å². The molecule has 0 spiro atoms. The van der Waals surface area contributed by atoms with Gasteiger partial charge in [0, 0.05) is 25.7 Å². The first kappa shape index (κ1) is 16.9. The third-order valence-corrected chi connectivity index (χ3v) is 5.50. The van der Waals surface area contributed by atoms with Crippen molar-refractivity contribution >= 4 is 6.03 Å². The highest BCUT2D eigenvalue weighted by Gasteiger charge is 2.26. The Kier molecular flexibility index (Phi) is 5.48. The number of nitrogens with one attached hydrogen (secondary N) is 1. The summed E-state index contributed by atoms with van der Waals surface area (Å²) in [6.07, 6.45) is 8.08. The molecule has 1 saturated carbocycles. The number of aromatic hydroxyl groups is 2. The van der Waals surface area contributed by atoms with Crippen LogP contribution in [-0.4, -0.2) is 40.8 Å². The summed E-state index contributed by atoms with van der Waals surface area (Å²) in [6.45, 7) is 2.22. The van der Waals surface area contributed by atoms with Gasteiger partial charge in [0.1, 0.15) is 11.5 Å². The fraction of sp³-hybridized carbons (Fsp3) is 0.632. The molecule has 3 N–H and O–H groups in total. The van der Waals surface area contributed by atoms with Crippen LogP contribution in [-0.2, 0) is 0 Å². The minimum atomic E-state index is 0.0500. The molecule has 3 rings (SSSR count). The average Bonchev–Trinajstić information content (AvgIpc) is 2.61. The van der Waals surface area contributed by atoms with Crippen molar-refractivity contribution in [1.29, 1.82) is 0 Å². The molecule has 24 heavy (non-hydrogen) atoms. The van der Waals surface area contributed by atoms with E-state index in [2.05, 4.69) is 5.32 Å². The molecule has 5 nitrogen and oxygen atoms in total. The van der Waals surface area contributed by atoms with E-state index in [0.29, 0.717) is 19.0 Å². The van der Waals surface area contributed by atoms with Crippen LogP contribution in [0.1, 0.15) is 56.4 Å². The first-order valence-corrected chi connectivity index (χ1v) is 9.18. The SMILES string of the molecule is O=C(NCC1CCCCC1)N1CCC(c2ccc(O)cc2O)CC1. The first-order valence-electron chi connectivity index (χ1n) is 9.18. The number of carbonyl (C=O) groups is 1. The van der Waals surface area contributed by atoms with Crippen LogP contribution in [0.2, 0.25) is 0 Å². The van der Waals surface area contributed by atoms with Gasteiger partial charge in [0.15, 0.2) is 0 Å². The molecular weight excluding hydrogens is 304 g/mol. The molecule has 0 atom stereocenters. The number of nitrogens with zero attached hydrogens (tertiary/aromatic N) is 1. The number of hydrogen-bond donors (Lipinski definition) is 3. The smallest absolute Gasteiger partial charge is 0.317 e. The molecule has 132 valence electrons. The van der Waals surface area contributed by atoms with Crippen LogP contribution in [0, 0.1) is 5.92 Å². The molecule has 1 heterocycles. The van der Waals surface area contributed by atoms with Crippen LogP contribution in [0.4, 0.5) is 4.79 Å². The Hall–Kier alpha value is -1.91. The molecule has 0 unspecified atom stereocenters. The van der Waals surface area contributed by atoms with Crippen LogP contribution in [0.15, 0.2) is 18.2 Å². The topological polar surface area (TPSA) is 72.8 Å². The highest BCUT2D eigenvalue weighted by Crippen LogP contribution is 2.35. The van der Waals surface area contributed by atoms with E-state index in [-0.39, 0.29) is 23.4 Å². The molecule has 2 aliphatic rings. The second kappa shape index (κ2) is 7.77. The van der Waals surface area contributed by atoms with E-state index in [1.165, 1.54) is 38.2 Å². The van der Waals surface area contributed by atoms with Gasteiger partial charge in [0.25, 0.3) is 0 Å². The maximum Gasteiger partial charge on any atom is 0.317 e. The van der Waals surface area contributed by atoms with Crippen LogP contribution >= 0.6 is 0 Å². The van der Waals surface area contributed by atoms with Crippen LogP contribution < -0.4 is 5.32 Å². The molecule has 1 saturated heterocycles. The zero-order chi connectivity index (χ0) is 16.9. The van der Waals surface area contributed by atoms with Crippen LogP contribution in [0.3, 0.4) is 0 Å². The summed E-state index contributed by atoms with van der Waals surface area (Å²) in [5, 5.41) is 22.5. The van der Waals surface area contributed by atoms with E-state index in [1.54, 1.807) is 12.1 Å². The first-order chi connectivity index (χ1) is 11.6. The minimum absolute atomic E-state index is 0.0500. The third-order valence-electron chi connectivity index (χ3n) is 5.50. The van der Waals surface area contributed by atoms with E-state index in [1.807, 2.05) is 4.90 Å². The van der Waals surface area contributed by atoms with Crippen molar-refractivity contribution in [2.24, 2.45) is 5.92 Å². The van der Waals surface area contributed by atoms with Gasteiger partial charge in [-0.3, -0.25) is 0 Å². The van der Waals surface area contributed by atoms with Crippen molar-refractivity contribution in [3.05, 3.63) is 23.8 Å². The van der Waals surface area contributed by atoms with Gasteiger partial charge in [0.2, 0.25) is 0 Å². The Labute approximate surface area is 143 Å². The van der Waals surface area contributed by atoms with Gasteiger partial charge in [-0.25, -0.2) is 4.79 Å². The Morgan fingerprint density at radius 1 is 1.08 bits per heavy atom. The van der Waals surface area contributed by atoms with E-state index in [0.717, 1.165) is 24.9 Å². The van der Waals surface area contributed by atoms with E-state index in [4.69, 9.17) is 0 Å². The summed E-state index contributed by atoms with van der Waals surface area (Å²) < 4.78 is 0. The highest BCUT2D eigenvalue weighted by atomic mass is 16.3. The monoisotopic (exact) mass is 332 g/mol. The maximum atomic E-state index is 12.3. The minimum Gasteiger partial charge on any atom is -0.508 e. The van der Waals surface area contributed by atoms with Crippen LogP contribution in [0.25, 0.3) is 0 Å². The molecular formula is C19H28N2O3. The summed E-state index contributed by atoms with van der Waals surface area (Å²) in [6, 6.07) is 4.83. The number of urea groups is 1. The Morgan fingerprint density at radius 2 is 1.79 bits per heavy atom. The predicted molar refractivity (Wildman–Crippen MR) is 93.3 cm³/mol. The lowest BCUT2D eigenvalue weighted by molar-refractivity contribution is 0.178. The predicted octanol–water partition coefficient (Wildman–Crippen LogP) is 3.57. The number of amides is 2. The van der Waals surface area contributed by atoms with E-state index >= 15 is 0 Å². The normalized spacial score (nSPS) is 20.1. The van der Waals surface area contributed by atoms with Gasteiger partial charge in [-0.1, -0.05) is 25.3 Å². The Morgan fingerprint density at radius 3 is 2.46 bits per heavy atom. The molecule has 2 amide bonds. The van der Waals surface area contributed by atoms with Crippen molar-refractivity contribution in [3.63, 3.8) is 0 Å². The van der Waals surface area contributed by atoms with Crippen molar-refractivity contribution < 1.29 is 15.0 Å². The summed E-state index contributed by atoms with van der Waals surface area (Å²) in [5.74, 6) is 1.12. The molecule has 0 radical (unpaired) electrons. The van der Waals surface area contributed by atoms with Crippen LogP contribution in [0.5, 0.6) is 11.5 Å². The molecule has 0 aromatic heterocycles.